The fourth-order valence-electron chi connectivity index (χ4n) is 1.51. The first-order valence-corrected chi connectivity index (χ1v) is 5.97. The maximum Gasteiger partial charge on any atom is 0.452 e. The van der Waals surface area contributed by atoms with E-state index in [1.807, 2.05) is 60.7 Å². The summed E-state index contributed by atoms with van der Waals surface area (Å²) in [5, 5.41) is 7.30. The Labute approximate surface area is 111 Å². The molecule has 4 nitrogen and oxygen atoms in total. The van der Waals surface area contributed by atoms with E-state index in [4.69, 9.17) is 4.74 Å². The summed E-state index contributed by atoms with van der Waals surface area (Å²) in [6.45, 7) is 0.589. The molecule has 0 spiro atoms. The van der Waals surface area contributed by atoms with Gasteiger partial charge in [-0.25, -0.2) is 4.79 Å². The summed E-state index contributed by atoms with van der Waals surface area (Å²) in [6, 6.07) is 19.1. The second-order valence-corrected chi connectivity index (χ2v) is 3.93. The number of azo groups is 1. The number of hydrogen-bond donors (Lipinski definition) is 0. The van der Waals surface area contributed by atoms with Crippen LogP contribution in [0, 0.1) is 0 Å². The number of carbonyl (C=O) groups excluding carboxylic acids is 1. The molecule has 19 heavy (non-hydrogen) atoms. The van der Waals surface area contributed by atoms with Crippen molar-refractivity contribution in [1.82, 2.24) is 0 Å². The van der Waals surface area contributed by atoms with Gasteiger partial charge >= 0.3 is 6.09 Å². The molecule has 0 unspecified atom stereocenters. The summed E-state index contributed by atoms with van der Waals surface area (Å²) < 4.78 is 4.97. The minimum Gasteiger partial charge on any atom is -0.442 e. The highest BCUT2D eigenvalue weighted by molar-refractivity contribution is 5.67. The maximum atomic E-state index is 11.3. The van der Waals surface area contributed by atoms with Crippen LogP contribution >= 0.6 is 0 Å². The molecular formula is C15H14N2O2. The van der Waals surface area contributed by atoms with E-state index in [1.54, 1.807) is 0 Å². The molecule has 0 atom stereocenters. The molecule has 0 aliphatic rings. The zero-order chi connectivity index (χ0) is 13.3. The van der Waals surface area contributed by atoms with E-state index in [2.05, 4.69) is 10.2 Å². The molecule has 0 bridgehead atoms. The lowest BCUT2D eigenvalue weighted by Gasteiger charge is -2.00. The Kier molecular flexibility index (Phi) is 4.81. The van der Waals surface area contributed by atoms with Crippen LogP contribution in [0.1, 0.15) is 11.1 Å². The van der Waals surface area contributed by atoms with Crippen molar-refractivity contribution < 1.29 is 9.53 Å². The Morgan fingerprint density at radius 1 is 0.895 bits per heavy atom. The monoisotopic (exact) mass is 254 g/mol. The van der Waals surface area contributed by atoms with Crippen molar-refractivity contribution >= 4 is 6.09 Å². The van der Waals surface area contributed by atoms with Gasteiger partial charge in [-0.1, -0.05) is 65.8 Å². The standard InChI is InChI=1S/C15H14N2O2/c18-15(19-12-14-9-5-2-6-10-14)17-16-11-13-7-3-1-4-8-13/h1-10H,11-12H2/b17-16+. The van der Waals surface area contributed by atoms with Crippen LogP contribution in [0.2, 0.25) is 0 Å². The average molecular weight is 254 g/mol. The second-order valence-electron chi connectivity index (χ2n) is 3.93. The normalized spacial score (nSPS) is 10.5. The van der Waals surface area contributed by atoms with E-state index < -0.39 is 6.09 Å². The molecule has 2 aromatic rings. The second kappa shape index (κ2) is 7.06. The largest absolute Gasteiger partial charge is 0.452 e. The van der Waals surface area contributed by atoms with Gasteiger partial charge in [0.2, 0.25) is 0 Å². The molecule has 0 saturated carbocycles. The number of hydrogen-bond acceptors (Lipinski definition) is 3. The first-order valence-electron chi connectivity index (χ1n) is 5.97. The highest BCUT2D eigenvalue weighted by Gasteiger charge is 2.00. The zero-order valence-electron chi connectivity index (χ0n) is 10.4. The Morgan fingerprint density at radius 3 is 2.11 bits per heavy atom. The summed E-state index contributed by atoms with van der Waals surface area (Å²) in [6.07, 6.45) is -0.667. The predicted molar refractivity (Wildman–Crippen MR) is 71.6 cm³/mol. The third-order valence-corrected chi connectivity index (χ3v) is 2.45. The van der Waals surface area contributed by atoms with Crippen molar-refractivity contribution in [2.45, 2.75) is 13.2 Å². The lowest BCUT2D eigenvalue weighted by atomic mass is 10.2. The molecule has 4 heteroatoms. The van der Waals surface area contributed by atoms with E-state index in [0.717, 1.165) is 11.1 Å². The average Bonchev–Trinajstić information content (AvgIpc) is 2.47. The molecule has 0 aliphatic carbocycles. The molecule has 0 aliphatic heterocycles. The van der Waals surface area contributed by atoms with Gasteiger partial charge in [-0.3, -0.25) is 0 Å². The molecule has 1 amide bonds. The molecular weight excluding hydrogens is 240 g/mol. The molecule has 0 N–H and O–H groups in total. The van der Waals surface area contributed by atoms with Crippen LogP contribution < -0.4 is 0 Å². The zero-order valence-corrected chi connectivity index (χ0v) is 10.4. The number of benzene rings is 2. The highest BCUT2D eigenvalue weighted by Crippen LogP contribution is 2.03. The third-order valence-electron chi connectivity index (χ3n) is 2.45. The molecule has 0 heterocycles. The quantitative estimate of drug-likeness (QED) is 0.775. The SMILES string of the molecule is O=C(/N=N/Cc1ccccc1)OCc1ccccc1. The van der Waals surface area contributed by atoms with Crippen molar-refractivity contribution in [3.63, 3.8) is 0 Å². The van der Waals surface area contributed by atoms with Gasteiger partial charge < -0.3 is 4.74 Å². The predicted octanol–water partition coefficient (Wildman–Crippen LogP) is 3.98. The van der Waals surface area contributed by atoms with Gasteiger partial charge in [0, 0.05) is 0 Å². The van der Waals surface area contributed by atoms with Crippen LogP contribution in [-0.4, -0.2) is 6.09 Å². The Bertz CT molecular complexity index is 539. The van der Waals surface area contributed by atoms with Crippen molar-refractivity contribution in [3.8, 4) is 0 Å². The Morgan fingerprint density at radius 2 is 1.47 bits per heavy atom. The number of rotatable bonds is 4. The summed E-state index contributed by atoms with van der Waals surface area (Å²) in [5.74, 6) is 0. The highest BCUT2D eigenvalue weighted by atomic mass is 16.5. The fourth-order valence-corrected chi connectivity index (χ4v) is 1.51. The summed E-state index contributed by atoms with van der Waals surface area (Å²) in [4.78, 5) is 11.3. The third kappa shape index (κ3) is 4.71. The minimum atomic E-state index is -0.667. The molecule has 0 aromatic heterocycles. The van der Waals surface area contributed by atoms with E-state index in [9.17, 15) is 4.79 Å². The van der Waals surface area contributed by atoms with Crippen LogP contribution in [0.3, 0.4) is 0 Å². The van der Waals surface area contributed by atoms with Gasteiger partial charge in [-0.2, -0.15) is 5.11 Å². The van der Waals surface area contributed by atoms with E-state index >= 15 is 0 Å². The van der Waals surface area contributed by atoms with E-state index in [1.165, 1.54) is 0 Å². The minimum absolute atomic E-state index is 0.212. The summed E-state index contributed by atoms with van der Waals surface area (Å²) in [7, 11) is 0. The van der Waals surface area contributed by atoms with Crippen molar-refractivity contribution in [2.75, 3.05) is 0 Å². The first-order chi connectivity index (χ1) is 9.34. The van der Waals surface area contributed by atoms with E-state index in [-0.39, 0.29) is 6.61 Å². The number of ether oxygens (including phenoxy) is 1. The summed E-state index contributed by atoms with van der Waals surface area (Å²) >= 11 is 0. The van der Waals surface area contributed by atoms with Crippen LogP contribution in [0.15, 0.2) is 70.9 Å². The fraction of sp³-hybridized carbons (Fsp3) is 0.133. The maximum absolute atomic E-state index is 11.3. The van der Waals surface area contributed by atoms with Crippen LogP contribution in [0.25, 0.3) is 0 Å². The van der Waals surface area contributed by atoms with Crippen molar-refractivity contribution in [3.05, 3.63) is 71.8 Å². The molecule has 0 saturated heterocycles. The molecule has 2 aromatic carbocycles. The van der Waals surface area contributed by atoms with Gasteiger partial charge in [-0.05, 0) is 11.1 Å². The molecule has 0 fully saturated rings. The molecule has 2 rings (SSSR count). The van der Waals surface area contributed by atoms with E-state index in [0.29, 0.717) is 6.54 Å². The number of nitrogens with zero attached hydrogens (tertiary/aromatic N) is 2. The lowest BCUT2D eigenvalue weighted by molar-refractivity contribution is 0.148. The summed E-state index contributed by atoms with van der Waals surface area (Å²) in [5.41, 5.74) is 1.93. The van der Waals surface area contributed by atoms with Crippen LogP contribution in [0.5, 0.6) is 0 Å². The van der Waals surface area contributed by atoms with Gasteiger partial charge in [0.25, 0.3) is 0 Å². The first kappa shape index (κ1) is 13.0. The Hall–Kier alpha value is -2.49. The van der Waals surface area contributed by atoms with Gasteiger partial charge in [-0.15, -0.1) is 0 Å². The van der Waals surface area contributed by atoms with Gasteiger partial charge in [0.15, 0.2) is 0 Å². The smallest absolute Gasteiger partial charge is 0.442 e. The van der Waals surface area contributed by atoms with Crippen molar-refractivity contribution in [1.29, 1.82) is 0 Å². The molecule has 96 valence electrons. The number of carbonyl (C=O) groups is 1. The van der Waals surface area contributed by atoms with Crippen molar-refractivity contribution in [2.24, 2.45) is 10.2 Å². The van der Waals surface area contributed by atoms with Gasteiger partial charge in [0.1, 0.15) is 6.61 Å². The molecule has 0 radical (unpaired) electrons. The van der Waals surface area contributed by atoms with Crippen LogP contribution in [-0.2, 0) is 17.9 Å². The lowest BCUT2D eigenvalue weighted by Crippen LogP contribution is -1.98. The number of amides is 1. The van der Waals surface area contributed by atoms with Crippen LogP contribution in [0.4, 0.5) is 4.79 Å². The Balaban J connectivity index is 1.75. The topological polar surface area (TPSA) is 51.0 Å². The van der Waals surface area contributed by atoms with Gasteiger partial charge in [0.05, 0.1) is 6.54 Å².